The van der Waals surface area contributed by atoms with Gasteiger partial charge in [0, 0.05) is 35.5 Å². The molecule has 1 saturated heterocycles. The fourth-order valence-electron chi connectivity index (χ4n) is 5.22. The minimum Gasteiger partial charge on any atom is -0.366 e. The van der Waals surface area contributed by atoms with Gasteiger partial charge in [0.15, 0.2) is 0 Å². The number of thiophene rings is 1. The van der Waals surface area contributed by atoms with Gasteiger partial charge in [-0.1, -0.05) is 0 Å². The number of benzene rings is 1. The third kappa shape index (κ3) is 3.60. The monoisotopic (exact) mass is 498 g/mol. The number of rotatable bonds is 3. The molecule has 11 heteroatoms. The van der Waals surface area contributed by atoms with E-state index in [1.807, 2.05) is 13.8 Å². The first kappa shape index (κ1) is 22.1. The molecule has 0 atom stereocenters. The van der Waals surface area contributed by atoms with Crippen molar-refractivity contribution in [1.82, 2.24) is 25.1 Å². The molecule has 0 radical (unpaired) electrons. The van der Waals surface area contributed by atoms with Crippen LogP contribution < -0.4 is 5.32 Å². The molecule has 1 amide bonds. The summed E-state index contributed by atoms with van der Waals surface area (Å²) < 4.78 is 39.2. The summed E-state index contributed by atoms with van der Waals surface area (Å²) in [6.07, 6.45) is -1.04. The summed E-state index contributed by atoms with van der Waals surface area (Å²) >= 11 is 1.53. The van der Waals surface area contributed by atoms with Crippen LogP contribution >= 0.6 is 11.3 Å². The second-order valence-corrected chi connectivity index (χ2v) is 10.6. The van der Waals surface area contributed by atoms with Gasteiger partial charge in [0.2, 0.25) is 0 Å². The lowest BCUT2D eigenvalue weighted by atomic mass is 9.60. The maximum atomic E-state index is 12.8. The maximum absolute atomic E-state index is 12.8. The molecule has 6 rings (SSSR count). The van der Waals surface area contributed by atoms with E-state index in [4.69, 9.17) is 0 Å². The topological polar surface area (TPSA) is 83.9 Å². The van der Waals surface area contributed by atoms with E-state index in [9.17, 15) is 18.0 Å². The van der Waals surface area contributed by atoms with Crippen molar-refractivity contribution in [1.29, 1.82) is 0 Å². The van der Waals surface area contributed by atoms with Crippen LogP contribution in [-0.2, 0) is 6.18 Å². The molecule has 1 aliphatic carbocycles. The molecule has 1 saturated carbocycles. The summed E-state index contributed by atoms with van der Waals surface area (Å²) in [6, 6.07) is 4.64. The number of nitrogens with one attached hydrogen (secondary N) is 1. The van der Waals surface area contributed by atoms with Crippen molar-refractivity contribution in [2.45, 2.75) is 38.9 Å². The van der Waals surface area contributed by atoms with Gasteiger partial charge >= 0.3 is 6.18 Å². The van der Waals surface area contributed by atoms with Crippen LogP contribution in [0.1, 0.15) is 40.0 Å². The van der Waals surface area contributed by atoms with Crippen molar-refractivity contribution in [2.24, 2.45) is 5.41 Å². The van der Waals surface area contributed by atoms with Crippen molar-refractivity contribution >= 4 is 43.5 Å². The van der Waals surface area contributed by atoms with E-state index in [-0.39, 0.29) is 22.9 Å². The average molecular weight is 499 g/mol. The normalized spacial score (nSPS) is 17.6. The third-order valence-electron chi connectivity index (χ3n) is 7.16. The molecule has 1 aromatic carbocycles. The fraction of sp³-hybridized carbons (Fsp3) is 0.375. The quantitative estimate of drug-likeness (QED) is 0.429. The Labute approximate surface area is 202 Å². The van der Waals surface area contributed by atoms with Crippen LogP contribution in [0.25, 0.3) is 20.4 Å². The number of hydrogen-bond donors (Lipinski definition) is 1. The zero-order valence-electron chi connectivity index (χ0n) is 19.0. The zero-order valence-corrected chi connectivity index (χ0v) is 19.8. The Hall–Kier alpha value is -3.34. The standard InChI is InChI=1S/C24H21F3N6OS/c1-12-13(2)31-32-21-17(12)18-19(35-21)20(29-11-28-18)30-16-7-23(8-16)9-33(10-23)22(34)14-3-5-15(6-4-14)24(25,26)27/h3-6,11,16H,7-10H2,1-2H3,(H,28,29,30). The highest BCUT2D eigenvalue weighted by Gasteiger charge is 2.53. The Kier molecular flexibility index (Phi) is 4.79. The SMILES string of the molecule is Cc1nnc2sc3c(NC4CC5(C4)CN(C(=O)c4ccc(C(F)(F)F)cc4)C5)ncnc3c2c1C. The summed E-state index contributed by atoms with van der Waals surface area (Å²) in [6.45, 7) is 5.18. The predicted molar refractivity (Wildman–Crippen MR) is 126 cm³/mol. The van der Waals surface area contributed by atoms with E-state index in [1.54, 1.807) is 11.2 Å². The molecular weight excluding hydrogens is 477 g/mol. The zero-order chi connectivity index (χ0) is 24.5. The predicted octanol–water partition coefficient (Wildman–Crippen LogP) is 4.99. The lowest BCUT2D eigenvalue weighted by Gasteiger charge is -2.59. The number of alkyl halides is 3. The number of hydrogen-bond acceptors (Lipinski definition) is 7. The number of halogens is 3. The minimum atomic E-state index is -4.41. The molecule has 3 aromatic heterocycles. The van der Waals surface area contributed by atoms with Crippen molar-refractivity contribution in [3.8, 4) is 0 Å². The number of anilines is 1. The molecule has 180 valence electrons. The molecule has 1 N–H and O–H groups in total. The smallest absolute Gasteiger partial charge is 0.366 e. The Morgan fingerprint density at radius 3 is 2.51 bits per heavy atom. The molecule has 4 heterocycles. The van der Waals surface area contributed by atoms with Crippen molar-refractivity contribution in [2.75, 3.05) is 18.4 Å². The number of amides is 1. The molecule has 0 bridgehead atoms. The number of aromatic nitrogens is 4. The molecule has 35 heavy (non-hydrogen) atoms. The maximum Gasteiger partial charge on any atom is 0.416 e. The molecule has 2 aliphatic rings. The van der Waals surface area contributed by atoms with Crippen molar-refractivity contribution < 1.29 is 18.0 Å². The van der Waals surface area contributed by atoms with Crippen LogP contribution in [0, 0.1) is 19.3 Å². The second kappa shape index (κ2) is 7.58. The van der Waals surface area contributed by atoms with Crippen LogP contribution in [0.3, 0.4) is 0 Å². The number of carbonyl (C=O) groups is 1. The summed E-state index contributed by atoms with van der Waals surface area (Å²) in [5.74, 6) is 0.558. The molecule has 1 aliphatic heterocycles. The average Bonchev–Trinajstić information content (AvgIpc) is 3.16. The first-order valence-corrected chi connectivity index (χ1v) is 12.1. The van der Waals surface area contributed by atoms with Gasteiger partial charge in [-0.25, -0.2) is 9.97 Å². The van der Waals surface area contributed by atoms with E-state index in [1.165, 1.54) is 23.5 Å². The van der Waals surface area contributed by atoms with Gasteiger partial charge in [0.05, 0.1) is 21.5 Å². The number of nitrogens with zero attached hydrogens (tertiary/aromatic N) is 5. The van der Waals surface area contributed by atoms with E-state index in [0.29, 0.717) is 13.1 Å². The van der Waals surface area contributed by atoms with Crippen molar-refractivity contribution in [3.63, 3.8) is 0 Å². The summed E-state index contributed by atoms with van der Waals surface area (Å²) in [4.78, 5) is 24.2. The Morgan fingerprint density at radius 1 is 1.11 bits per heavy atom. The van der Waals surface area contributed by atoms with Gasteiger partial charge in [-0.15, -0.1) is 16.4 Å². The Morgan fingerprint density at radius 2 is 1.83 bits per heavy atom. The lowest BCUT2D eigenvalue weighted by molar-refractivity contribution is -0.137. The van der Waals surface area contributed by atoms with E-state index in [0.717, 1.165) is 62.5 Å². The van der Waals surface area contributed by atoms with E-state index >= 15 is 0 Å². The number of aryl methyl sites for hydroxylation is 2. The molecule has 2 fully saturated rings. The summed E-state index contributed by atoms with van der Waals surface area (Å²) in [5.41, 5.74) is 2.42. The van der Waals surface area contributed by atoms with Gasteiger partial charge in [-0.2, -0.15) is 18.3 Å². The number of carbonyl (C=O) groups excluding carboxylic acids is 1. The van der Waals surface area contributed by atoms with Crippen LogP contribution in [-0.4, -0.2) is 50.1 Å². The number of likely N-dealkylation sites (tertiary alicyclic amines) is 1. The third-order valence-corrected chi connectivity index (χ3v) is 8.23. The molecule has 4 aromatic rings. The van der Waals surface area contributed by atoms with E-state index in [2.05, 4.69) is 25.5 Å². The van der Waals surface area contributed by atoms with Crippen LogP contribution in [0.5, 0.6) is 0 Å². The van der Waals surface area contributed by atoms with Crippen LogP contribution in [0.15, 0.2) is 30.6 Å². The number of fused-ring (bicyclic) bond motifs is 3. The molecule has 1 spiro atoms. The van der Waals surface area contributed by atoms with Gasteiger partial charge in [0.25, 0.3) is 5.91 Å². The largest absolute Gasteiger partial charge is 0.416 e. The van der Waals surface area contributed by atoms with Gasteiger partial charge in [0.1, 0.15) is 17.0 Å². The highest BCUT2D eigenvalue weighted by molar-refractivity contribution is 7.26. The lowest BCUT2D eigenvalue weighted by Crippen LogP contribution is -2.66. The van der Waals surface area contributed by atoms with Gasteiger partial charge in [-0.3, -0.25) is 4.79 Å². The fourth-order valence-corrected chi connectivity index (χ4v) is 6.30. The molecular formula is C24H21F3N6OS. The first-order chi connectivity index (χ1) is 16.6. The Balaban J connectivity index is 1.11. The highest BCUT2D eigenvalue weighted by atomic mass is 32.1. The van der Waals surface area contributed by atoms with E-state index < -0.39 is 11.7 Å². The van der Waals surface area contributed by atoms with Gasteiger partial charge in [-0.05, 0) is 56.5 Å². The summed E-state index contributed by atoms with van der Waals surface area (Å²) in [7, 11) is 0. The van der Waals surface area contributed by atoms with Gasteiger partial charge < -0.3 is 10.2 Å². The second-order valence-electron chi connectivity index (χ2n) is 9.58. The molecule has 0 unspecified atom stereocenters. The van der Waals surface area contributed by atoms with Crippen LogP contribution in [0.2, 0.25) is 0 Å². The highest BCUT2D eigenvalue weighted by Crippen LogP contribution is 2.50. The molecule has 7 nitrogen and oxygen atoms in total. The van der Waals surface area contributed by atoms with Crippen LogP contribution in [0.4, 0.5) is 19.0 Å². The first-order valence-electron chi connectivity index (χ1n) is 11.2. The van der Waals surface area contributed by atoms with Crippen molar-refractivity contribution in [3.05, 3.63) is 53.0 Å². The summed E-state index contributed by atoms with van der Waals surface area (Å²) in [5, 5.41) is 13.1. The Bertz CT molecular complexity index is 1470. The minimum absolute atomic E-state index is 0.0602.